The van der Waals surface area contributed by atoms with E-state index in [4.69, 9.17) is 4.74 Å². The van der Waals surface area contributed by atoms with Gasteiger partial charge in [-0.05, 0) is 24.1 Å². The Labute approximate surface area is 146 Å². The number of ether oxygens (including phenoxy) is 1. The van der Waals surface area contributed by atoms with Crippen molar-refractivity contribution >= 4 is 5.91 Å². The van der Waals surface area contributed by atoms with E-state index in [2.05, 4.69) is 17.1 Å². The van der Waals surface area contributed by atoms with Gasteiger partial charge in [-0.1, -0.05) is 31.9 Å². The lowest BCUT2D eigenvalue weighted by Crippen LogP contribution is -2.49. The summed E-state index contributed by atoms with van der Waals surface area (Å²) < 4.78 is 5.78. The minimum absolute atomic E-state index is 0.133. The van der Waals surface area contributed by atoms with E-state index in [0.717, 1.165) is 50.5 Å². The number of piperazine rings is 1. The smallest absolute Gasteiger partial charge is 0.244 e. The summed E-state index contributed by atoms with van der Waals surface area (Å²) in [6, 6.07) is 7.82. The lowest BCUT2D eigenvalue weighted by molar-refractivity contribution is -0.135. The van der Waals surface area contributed by atoms with Gasteiger partial charge in [0, 0.05) is 40.3 Å². The lowest BCUT2D eigenvalue weighted by atomic mass is 10.0. The first-order chi connectivity index (χ1) is 11.6. The van der Waals surface area contributed by atoms with Crippen molar-refractivity contribution in [2.45, 2.75) is 32.2 Å². The van der Waals surface area contributed by atoms with Crippen LogP contribution < -0.4 is 10.1 Å². The molecule has 1 aliphatic heterocycles. The summed E-state index contributed by atoms with van der Waals surface area (Å²) in [7, 11) is 3.64. The number of nitrogens with zero attached hydrogens (tertiary/aromatic N) is 2. The van der Waals surface area contributed by atoms with Gasteiger partial charge in [0.15, 0.2) is 0 Å². The molecule has 0 spiro atoms. The molecule has 1 heterocycles. The maximum atomic E-state index is 12.7. The fourth-order valence-electron chi connectivity index (χ4n) is 2.98. The van der Waals surface area contributed by atoms with Crippen molar-refractivity contribution < 1.29 is 9.53 Å². The molecule has 1 aromatic rings. The number of rotatable bonds is 8. The molecule has 134 valence electrons. The quantitative estimate of drug-likeness (QED) is 0.742. The second kappa shape index (κ2) is 9.64. The predicted octanol–water partition coefficient (Wildman–Crippen LogP) is 2.29. The molecule has 0 aromatic heterocycles. The van der Waals surface area contributed by atoms with Crippen molar-refractivity contribution in [3.63, 3.8) is 0 Å². The first-order valence-electron chi connectivity index (χ1n) is 9.02. The number of nitrogens with one attached hydrogen (secondary N) is 1. The molecule has 1 aromatic carbocycles. The van der Waals surface area contributed by atoms with E-state index in [1.165, 1.54) is 12.8 Å². The Hall–Kier alpha value is -1.59. The van der Waals surface area contributed by atoms with E-state index in [1.807, 2.05) is 38.4 Å². The highest BCUT2D eigenvalue weighted by Crippen LogP contribution is 2.25. The van der Waals surface area contributed by atoms with Gasteiger partial charge < -0.3 is 15.0 Å². The van der Waals surface area contributed by atoms with Crippen molar-refractivity contribution in [3.05, 3.63) is 29.8 Å². The van der Waals surface area contributed by atoms with E-state index >= 15 is 0 Å². The molecule has 1 aliphatic rings. The number of hydrogen-bond acceptors (Lipinski definition) is 4. The van der Waals surface area contributed by atoms with Crippen LogP contribution in [0.3, 0.4) is 0 Å². The molecule has 1 amide bonds. The molecule has 1 saturated heterocycles. The summed E-state index contributed by atoms with van der Waals surface area (Å²) in [5.41, 5.74) is 1.04. The van der Waals surface area contributed by atoms with Crippen LogP contribution in [0.25, 0.3) is 0 Å². The van der Waals surface area contributed by atoms with Gasteiger partial charge in [0.1, 0.15) is 11.8 Å². The van der Waals surface area contributed by atoms with Gasteiger partial charge in [-0.25, -0.2) is 0 Å². The van der Waals surface area contributed by atoms with Crippen LogP contribution in [-0.4, -0.2) is 62.6 Å². The molecule has 0 radical (unpaired) electrons. The molecule has 1 fully saturated rings. The zero-order valence-corrected chi connectivity index (χ0v) is 15.3. The normalized spacial score (nSPS) is 16.6. The third-order valence-corrected chi connectivity index (χ3v) is 4.40. The second-order valence-electron chi connectivity index (χ2n) is 6.55. The third-order valence-electron chi connectivity index (χ3n) is 4.40. The Morgan fingerprint density at radius 1 is 1.21 bits per heavy atom. The van der Waals surface area contributed by atoms with Gasteiger partial charge in [-0.15, -0.1) is 0 Å². The standard InChI is InChI=1S/C19H31N3O2/c1-4-5-6-15-24-17-9-7-16(8-10-17)18(19(23)21(2)3)22-13-11-20-12-14-22/h7-10,18,20H,4-6,11-15H2,1-3H3. The molecular formula is C19H31N3O2. The predicted molar refractivity (Wildman–Crippen MR) is 97.3 cm³/mol. The Morgan fingerprint density at radius 3 is 2.46 bits per heavy atom. The molecule has 2 rings (SSSR count). The zero-order chi connectivity index (χ0) is 17.4. The van der Waals surface area contributed by atoms with Crippen LogP contribution in [-0.2, 0) is 4.79 Å². The monoisotopic (exact) mass is 333 g/mol. The van der Waals surface area contributed by atoms with E-state index in [0.29, 0.717) is 0 Å². The van der Waals surface area contributed by atoms with Crippen molar-refractivity contribution in [3.8, 4) is 5.75 Å². The van der Waals surface area contributed by atoms with Crippen LogP contribution >= 0.6 is 0 Å². The van der Waals surface area contributed by atoms with E-state index in [9.17, 15) is 4.79 Å². The maximum Gasteiger partial charge on any atom is 0.244 e. The average molecular weight is 333 g/mol. The van der Waals surface area contributed by atoms with Gasteiger partial charge in [-0.2, -0.15) is 0 Å². The van der Waals surface area contributed by atoms with Gasteiger partial charge in [0.05, 0.1) is 6.61 Å². The molecule has 0 aliphatic carbocycles. The number of carbonyl (C=O) groups is 1. The summed E-state index contributed by atoms with van der Waals surface area (Å²) in [5, 5.41) is 3.35. The van der Waals surface area contributed by atoms with Crippen LogP contribution in [0.5, 0.6) is 5.75 Å². The third kappa shape index (κ3) is 5.21. The molecule has 24 heavy (non-hydrogen) atoms. The SMILES string of the molecule is CCCCCOc1ccc(C(C(=O)N(C)C)N2CCNCC2)cc1. The van der Waals surface area contributed by atoms with Crippen molar-refractivity contribution in [2.75, 3.05) is 46.9 Å². The van der Waals surface area contributed by atoms with Gasteiger partial charge in [-0.3, -0.25) is 9.69 Å². The van der Waals surface area contributed by atoms with Crippen molar-refractivity contribution in [1.82, 2.24) is 15.1 Å². The Morgan fingerprint density at radius 2 is 1.88 bits per heavy atom. The first kappa shape index (κ1) is 18.7. The minimum atomic E-state index is -0.212. The minimum Gasteiger partial charge on any atom is -0.494 e. The van der Waals surface area contributed by atoms with Crippen LogP contribution in [0.2, 0.25) is 0 Å². The number of carbonyl (C=O) groups excluding carboxylic acids is 1. The summed E-state index contributed by atoms with van der Waals surface area (Å²) in [6.45, 7) is 6.57. The highest BCUT2D eigenvalue weighted by Gasteiger charge is 2.29. The number of amides is 1. The van der Waals surface area contributed by atoms with E-state index in [-0.39, 0.29) is 11.9 Å². The van der Waals surface area contributed by atoms with Crippen LogP contribution in [0, 0.1) is 0 Å². The second-order valence-corrected chi connectivity index (χ2v) is 6.55. The highest BCUT2D eigenvalue weighted by atomic mass is 16.5. The topological polar surface area (TPSA) is 44.8 Å². The van der Waals surface area contributed by atoms with Gasteiger partial charge >= 0.3 is 0 Å². The number of unbranched alkanes of at least 4 members (excludes halogenated alkanes) is 2. The summed E-state index contributed by atoms with van der Waals surface area (Å²) >= 11 is 0. The van der Waals surface area contributed by atoms with Crippen molar-refractivity contribution in [1.29, 1.82) is 0 Å². The fraction of sp³-hybridized carbons (Fsp3) is 0.632. The first-order valence-corrected chi connectivity index (χ1v) is 9.02. The van der Waals surface area contributed by atoms with Gasteiger partial charge in [0.25, 0.3) is 0 Å². The number of benzene rings is 1. The molecule has 1 atom stereocenters. The lowest BCUT2D eigenvalue weighted by Gasteiger charge is -2.35. The van der Waals surface area contributed by atoms with Crippen LogP contribution in [0.4, 0.5) is 0 Å². The molecule has 5 heteroatoms. The molecule has 0 saturated carbocycles. The summed E-state index contributed by atoms with van der Waals surface area (Å²) in [6.07, 6.45) is 3.47. The Bertz CT molecular complexity index is 496. The van der Waals surface area contributed by atoms with Crippen molar-refractivity contribution in [2.24, 2.45) is 0 Å². The van der Waals surface area contributed by atoms with Crippen LogP contribution in [0.1, 0.15) is 37.8 Å². The Balaban J connectivity index is 2.06. The molecule has 1 unspecified atom stereocenters. The van der Waals surface area contributed by atoms with Crippen LogP contribution in [0.15, 0.2) is 24.3 Å². The van der Waals surface area contributed by atoms with E-state index in [1.54, 1.807) is 4.90 Å². The Kier molecular flexibility index (Phi) is 7.53. The average Bonchev–Trinajstić information content (AvgIpc) is 2.61. The molecule has 1 N–H and O–H groups in total. The molecular weight excluding hydrogens is 302 g/mol. The largest absolute Gasteiger partial charge is 0.494 e. The fourth-order valence-corrected chi connectivity index (χ4v) is 2.98. The summed E-state index contributed by atoms with van der Waals surface area (Å²) in [4.78, 5) is 16.6. The summed E-state index contributed by atoms with van der Waals surface area (Å²) in [5.74, 6) is 1.01. The highest BCUT2D eigenvalue weighted by molar-refractivity contribution is 5.83. The zero-order valence-electron chi connectivity index (χ0n) is 15.3. The van der Waals surface area contributed by atoms with E-state index < -0.39 is 0 Å². The molecule has 5 nitrogen and oxygen atoms in total. The molecule has 0 bridgehead atoms. The maximum absolute atomic E-state index is 12.7. The number of likely N-dealkylation sites (N-methyl/N-ethyl adjacent to an activating group) is 1. The number of hydrogen-bond donors (Lipinski definition) is 1. The van der Waals surface area contributed by atoms with Gasteiger partial charge in [0.2, 0.25) is 5.91 Å².